The van der Waals surface area contributed by atoms with Gasteiger partial charge in [-0.05, 0) is 51.8 Å². The number of carbonyl (C=O) groups excluding carboxylic acids is 2. The van der Waals surface area contributed by atoms with E-state index in [4.69, 9.17) is 9.47 Å². The van der Waals surface area contributed by atoms with E-state index in [0.29, 0.717) is 11.3 Å². The largest absolute Gasteiger partial charge is 0.496 e. The van der Waals surface area contributed by atoms with Gasteiger partial charge in [-0.15, -0.1) is 0 Å². The predicted octanol–water partition coefficient (Wildman–Crippen LogP) is 3.31. The van der Waals surface area contributed by atoms with Gasteiger partial charge >= 0.3 is 5.97 Å². The first-order valence-corrected chi connectivity index (χ1v) is 7.74. The molecule has 7 heteroatoms. The van der Waals surface area contributed by atoms with Crippen LogP contribution >= 0.6 is 15.9 Å². The van der Waals surface area contributed by atoms with Gasteiger partial charge in [0, 0.05) is 12.1 Å². The Morgan fingerprint density at radius 1 is 1.17 bits per heavy atom. The minimum Gasteiger partial charge on any atom is -0.496 e. The molecule has 0 aliphatic rings. The topological polar surface area (TPSA) is 64.6 Å². The summed E-state index contributed by atoms with van der Waals surface area (Å²) in [5.74, 6) is -1.08. The van der Waals surface area contributed by atoms with Crippen molar-refractivity contribution in [3.8, 4) is 5.75 Å². The molecule has 0 aliphatic heterocycles. The monoisotopic (exact) mass is 395 g/mol. The van der Waals surface area contributed by atoms with Crippen LogP contribution in [0.1, 0.15) is 26.3 Å². The molecule has 0 fully saturated rings. The van der Waals surface area contributed by atoms with Gasteiger partial charge in [-0.1, -0.05) is 6.07 Å². The number of rotatable bonds is 5. The van der Waals surface area contributed by atoms with E-state index in [1.165, 1.54) is 26.4 Å². The molecule has 0 spiro atoms. The number of carbonyl (C=O) groups is 2. The second-order valence-electron chi connectivity index (χ2n) is 4.84. The van der Waals surface area contributed by atoms with Gasteiger partial charge in [0.05, 0.1) is 18.7 Å². The second kappa shape index (κ2) is 7.92. The summed E-state index contributed by atoms with van der Waals surface area (Å²) in [6, 6.07) is 9.03. The Morgan fingerprint density at radius 2 is 1.92 bits per heavy atom. The third kappa shape index (κ3) is 4.11. The average Bonchev–Trinajstić information content (AvgIpc) is 2.60. The molecule has 126 valence electrons. The number of hydrogen-bond acceptors (Lipinski definition) is 4. The summed E-state index contributed by atoms with van der Waals surface area (Å²) in [6.07, 6.45) is 0. The van der Waals surface area contributed by atoms with Crippen LogP contribution in [0.5, 0.6) is 5.75 Å². The van der Waals surface area contributed by atoms with Crippen LogP contribution in [0.2, 0.25) is 0 Å². The molecule has 24 heavy (non-hydrogen) atoms. The molecular formula is C17H15BrFNO4. The molecule has 0 aromatic heterocycles. The highest BCUT2D eigenvalue weighted by Crippen LogP contribution is 2.21. The lowest BCUT2D eigenvalue weighted by molar-refractivity contribution is 0.0597. The van der Waals surface area contributed by atoms with Crippen molar-refractivity contribution in [3.63, 3.8) is 0 Å². The van der Waals surface area contributed by atoms with Crippen LogP contribution in [-0.4, -0.2) is 26.1 Å². The van der Waals surface area contributed by atoms with E-state index in [1.807, 2.05) is 0 Å². The lowest BCUT2D eigenvalue weighted by atomic mass is 10.1. The standard InChI is InChI=1S/C17H15BrFNO4/c1-23-15-6-3-10(7-12(15)17(22)24-2)9-20-16(21)11-4-5-13(18)14(19)8-11/h3-8H,9H2,1-2H3,(H,20,21). The van der Waals surface area contributed by atoms with E-state index in [0.717, 1.165) is 6.07 Å². The Morgan fingerprint density at radius 3 is 2.54 bits per heavy atom. The number of nitrogens with one attached hydrogen (secondary N) is 1. The molecule has 2 aromatic rings. The fraction of sp³-hybridized carbons (Fsp3) is 0.176. The minimum absolute atomic E-state index is 0.171. The summed E-state index contributed by atoms with van der Waals surface area (Å²) in [6.45, 7) is 0.171. The van der Waals surface area contributed by atoms with Crippen molar-refractivity contribution in [2.24, 2.45) is 0 Å². The average molecular weight is 396 g/mol. The van der Waals surface area contributed by atoms with Crippen LogP contribution in [0.3, 0.4) is 0 Å². The highest BCUT2D eigenvalue weighted by atomic mass is 79.9. The first-order valence-electron chi connectivity index (χ1n) is 6.94. The molecule has 0 saturated heterocycles. The lowest BCUT2D eigenvalue weighted by Crippen LogP contribution is -2.23. The maximum atomic E-state index is 13.5. The molecule has 0 saturated carbocycles. The minimum atomic E-state index is -0.532. The third-order valence-corrected chi connectivity index (χ3v) is 3.95. The van der Waals surface area contributed by atoms with Crippen molar-refractivity contribution in [1.29, 1.82) is 0 Å². The SMILES string of the molecule is COC(=O)c1cc(CNC(=O)c2ccc(Br)c(F)c2)ccc1OC. The Labute approximate surface area is 146 Å². The van der Waals surface area contributed by atoms with Gasteiger partial charge in [-0.3, -0.25) is 4.79 Å². The Kier molecular flexibility index (Phi) is 5.92. The number of ether oxygens (including phenoxy) is 2. The fourth-order valence-electron chi connectivity index (χ4n) is 2.06. The summed E-state index contributed by atoms with van der Waals surface area (Å²) in [5.41, 5.74) is 1.15. The van der Waals surface area contributed by atoms with E-state index in [9.17, 15) is 14.0 Å². The Hall–Kier alpha value is -2.41. The van der Waals surface area contributed by atoms with Crippen molar-refractivity contribution in [3.05, 3.63) is 63.4 Å². The highest BCUT2D eigenvalue weighted by Gasteiger charge is 2.14. The molecule has 5 nitrogen and oxygen atoms in total. The van der Waals surface area contributed by atoms with Crippen molar-refractivity contribution in [1.82, 2.24) is 5.32 Å². The number of benzene rings is 2. The first kappa shape index (κ1) is 17.9. The van der Waals surface area contributed by atoms with E-state index >= 15 is 0 Å². The molecule has 2 rings (SSSR count). The van der Waals surface area contributed by atoms with Crippen LogP contribution < -0.4 is 10.1 Å². The zero-order valence-electron chi connectivity index (χ0n) is 13.1. The quantitative estimate of drug-likeness (QED) is 0.788. The number of halogens is 2. The molecule has 1 N–H and O–H groups in total. The van der Waals surface area contributed by atoms with E-state index in [2.05, 4.69) is 21.2 Å². The van der Waals surface area contributed by atoms with Gasteiger partial charge in [-0.25, -0.2) is 9.18 Å². The molecule has 2 aromatic carbocycles. The van der Waals surface area contributed by atoms with Crippen molar-refractivity contribution >= 4 is 27.8 Å². The van der Waals surface area contributed by atoms with E-state index in [1.54, 1.807) is 18.2 Å². The van der Waals surface area contributed by atoms with Crippen LogP contribution in [0.4, 0.5) is 4.39 Å². The van der Waals surface area contributed by atoms with E-state index in [-0.39, 0.29) is 22.1 Å². The summed E-state index contributed by atoms with van der Waals surface area (Å²) in [4.78, 5) is 23.8. The van der Waals surface area contributed by atoms with E-state index < -0.39 is 17.7 Å². The van der Waals surface area contributed by atoms with Crippen LogP contribution in [-0.2, 0) is 11.3 Å². The molecule has 0 radical (unpaired) electrons. The fourth-order valence-corrected chi connectivity index (χ4v) is 2.30. The molecule has 0 heterocycles. The number of methoxy groups -OCH3 is 2. The van der Waals surface area contributed by atoms with Crippen molar-refractivity contribution < 1.29 is 23.5 Å². The molecule has 0 bridgehead atoms. The summed E-state index contributed by atoms with van der Waals surface area (Å²) < 4.78 is 23.6. The predicted molar refractivity (Wildman–Crippen MR) is 89.6 cm³/mol. The third-order valence-electron chi connectivity index (χ3n) is 3.30. The van der Waals surface area contributed by atoms with Crippen LogP contribution in [0, 0.1) is 5.82 Å². The van der Waals surface area contributed by atoms with Gasteiger partial charge in [0.2, 0.25) is 0 Å². The summed E-state index contributed by atoms with van der Waals surface area (Å²) in [7, 11) is 2.73. The maximum absolute atomic E-state index is 13.5. The van der Waals surface area contributed by atoms with Gasteiger partial charge in [0.25, 0.3) is 5.91 Å². The first-order chi connectivity index (χ1) is 11.5. The molecule has 0 atom stereocenters. The molecule has 1 amide bonds. The van der Waals surface area contributed by atoms with Gasteiger partial charge in [-0.2, -0.15) is 0 Å². The van der Waals surface area contributed by atoms with Crippen LogP contribution in [0.25, 0.3) is 0 Å². The molecule has 0 aliphatic carbocycles. The Bertz CT molecular complexity index is 779. The smallest absolute Gasteiger partial charge is 0.341 e. The summed E-state index contributed by atoms with van der Waals surface area (Å²) in [5, 5.41) is 2.67. The maximum Gasteiger partial charge on any atom is 0.341 e. The van der Waals surface area contributed by atoms with Crippen molar-refractivity contribution in [2.75, 3.05) is 14.2 Å². The van der Waals surface area contributed by atoms with Gasteiger partial charge in [0.1, 0.15) is 17.1 Å². The number of amides is 1. The zero-order valence-corrected chi connectivity index (χ0v) is 14.6. The summed E-state index contributed by atoms with van der Waals surface area (Å²) >= 11 is 3.03. The Balaban J connectivity index is 2.12. The molecular weight excluding hydrogens is 381 g/mol. The van der Waals surface area contributed by atoms with Gasteiger partial charge < -0.3 is 14.8 Å². The second-order valence-corrected chi connectivity index (χ2v) is 5.69. The van der Waals surface area contributed by atoms with Gasteiger partial charge in [0.15, 0.2) is 0 Å². The normalized spacial score (nSPS) is 10.2. The highest BCUT2D eigenvalue weighted by molar-refractivity contribution is 9.10. The zero-order chi connectivity index (χ0) is 17.7. The number of hydrogen-bond donors (Lipinski definition) is 1. The number of esters is 1. The lowest BCUT2D eigenvalue weighted by Gasteiger charge is -2.10. The molecule has 0 unspecified atom stereocenters. The van der Waals surface area contributed by atoms with Crippen LogP contribution in [0.15, 0.2) is 40.9 Å². The van der Waals surface area contributed by atoms with Crippen molar-refractivity contribution in [2.45, 2.75) is 6.54 Å².